The van der Waals surface area contributed by atoms with Crippen molar-refractivity contribution in [1.82, 2.24) is 26.2 Å². The topological polar surface area (TPSA) is 146 Å². The predicted octanol–water partition coefficient (Wildman–Crippen LogP) is 3.54. The number of rotatable bonds is 14. The van der Waals surface area contributed by atoms with Crippen LogP contribution in [-0.2, 0) is 36.8 Å². The van der Waals surface area contributed by atoms with E-state index in [-0.39, 0.29) is 55.3 Å². The second kappa shape index (κ2) is 16.8. The van der Waals surface area contributed by atoms with Crippen molar-refractivity contribution in [2.24, 2.45) is 23.2 Å². The Hall–Kier alpha value is -3.68. The van der Waals surface area contributed by atoms with Gasteiger partial charge < -0.3 is 30.9 Å². The molecule has 1 fully saturated rings. The Morgan fingerprint density at radius 3 is 2.08 bits per heavy atom. The fraction of sp³-hybridized carbons (Fsp3) is 0.686. The Balaban J connectivity index is 1.93. The van der Waals surface area contributed by atoms with Gasteiger partial charge in [0.15, 0.2) is 0 Å². The summed E-state index contributed by atoms with van der Waals surface area (Å²) >= 11 is 0. The van der Waals surface area contributed by atoms with Crippen molar-refractivity contribution < 1.29 is 41.9 Å². The average molecular weight is 696 g/mol. The number of nitrogens with zero attached hydrogens (tertiary/aromatic N) is 1. The fourth-order valence-electron chi connectivity index (χ4n) is 6.50. The quantitative estimate of drug-likeness (QED) is 0.219. The van der Waals surface area contributed by atoms with Gasteiger partial charge in [0.2, 0.25) is 17.6 Å². The highest BCUT2D eigenvalue weighted by atomic mass is 19.4. The van der Waals surface area contributed by atoms with Gasteiger partial charge in [0, 0.05) is 26.6 Å². The summed E-state index contributed by atoms with van der Waals surface area (Å²) in [6.45, 7) is 11.8. The van der Waals surface area contributed by atoms with Crippen LogP contribution in [0.5, 0.6) is 0 Å². The molecule has 0 bridgehead atoms. The van der Waals surface area contributed by atoms with E-state index in [9.17, 15) is 37.1 Å². The monoisotopic (exact) mass is 695 g/mol. The summed E-state index contributed by atoms with van der Waals surface area (Å²) in [4.78, 5) is 68.5. The van der Waals surface area contributed by atoms with E-state index in [2.05, 4.69) is 21.3 Å². The molecule has 1 aliphatic carbocycles. The molecule has 11 nitrogen and oxygen atoms in total. The molecule has 0 spiro atoms. The third kappa shape index (κ3) is 10.9. The summed E-state index contributed by atoms with van der Waals surface area (Å²) in [5.74, 6) is -4.07. The number of urea groups is 1. The molecule has 274 valence electrons. The third-order valence-electron chi connectivity index (χ3n) is 9.56. The summed E-state index contributed by atoms with van der Waals surface area (Å²) in [6, 6.07) is 2.86. The van der Waals surface area contributed by atoms with Gasteiger partial charge in [0.05, 0.1) is 18.7 Å². The van der Waals surface area contributed by atoms with Gasteiger partial charge >= 0.3 is 12.2 Å². The fourth-order valence-corrected chi connectivity index (χ4v) is 6.50. The predicted molar refractivity (Wildman–Crippen MR) is 177 cm³/mol. The molecule has 4 N–H and O–H groups in total. The van der Waals surface area contributed by atoms with Crippen LogP contribution in [0.25, 0.3) is 0 Å². The molecule has 0 saturated carbocycles. The number of benzene rings is 1. The Kier molecular flexibility index (Phi) is 13.6. The summed E-state index contributed by atoms with van der Waals surface area (Å²) in [7, 11) is 1.53. The zero-order chi connectivity index (χ0) is 36.7. The van der Waals surface area contributed by atoms with Crippen LogP contribution in [0.15, 0.2) is 24.3 Å². The van der Waals surface area contributed by atoms with Crippen LogP contribution in [0.4, 0.5) is 18.0 Å². The van der Waals surface area contributed by atoms with Crippen LogP contribution in [0, 0.1) is 23.2 Å². The Morgan fingerprint density at radius 1 is 0.959 bits per heavy atom. The van der Waals surface area contributed by atoms with Gasteiger partial charge in [-0.05, 0) is 66.9 Å². The highest BCUT2D eigenvalue weighted by Gasteiger charge is 2.46. The van der Waals surface area contributed by atoms with Crippen molar-refractivity contribution in [2.45, 2.75) is 104 Å². The molecule has 14 heteroatoms. The van der Waals surface area contributed by atoms with Crippen molar-refractivity contribution in [2.75, 3.05) is 26.8 Å². The van der Waals surface area contributed by atoms with E-state index in [4.69, 9.17) is 4.74 Å². The van der Waals surface area contributed by atoms with E-state index in [0.717, 1.165) is 11.1 Å². The molecular weight excluding hydrogens is 643 g/mol. The number of halogens is 3. The number of methoxy groups -OCH3 is 1. The molecule has 3 rings (SSSR count). The number of fused-ring (bicyclic) bond motifs is 1. The number of alkyl halides is 3. The van der Waals surface area contributed by atoms with E-state index in [0.29, 0.717) is 12.8 Å². The zero-order valence-corrected chi connectivity index (χ0v) is 29.5. The highest BCUT2D eigenvalue weighted by molar-refractivity contribution is 6.38. The lowest BCUT2D eigenvalue weighted by Gasteiger charge is -2.34. The number of carbonyl (C=O) groups excluding carboxylic acids is 5. The number of nitrogens with one attached hydrogen (secondary N) is 4. The first-order valence-electron chi connectivity index (χ1n) is 17.0. The van der Waals surface area contributed by atoms with Crippen molar-refractivity contribution in [3.63, 3.8) is 0 Å². The summed E-state index contributed by atoms with van der Waals surface area (Å²) in [6.07, 6.45) is -5.65. The van der Waals surface area contributed by atoms with Gasteiger partial charge in [-0.2, -0.15) is 13.2 Å². The number of Topliss-reactive ketones (excluding diaryl/α,β-unsaturated/α-hetero) is 1. The molecule has 49 heavy (non-hydrogen) atoms. The number of ketones is 1. The number of likely N-dealkylation sites (N-methyl/N-ethyl adjacent to an activating group) is 1. The normalized spacial score (nSPS) is 19.9. The number of hydrogen-bond acceptors (Lipinski definition) is 6. The SMILES string of the molecule is CCNC(=O)C(=O)C(CCC(F)(F)F)NC(=O)C1C[C@@H](C(C)C)CN1C(=O)C(NC(=O)NC(COC)C(C)(C)C)C1Cc2ccccc2C1. The second-order valence-electron chi connectivity index (χ2n) is 14.6. The first kappa shape index (κ1) is 39.8. The number of ether oxygens (including phenoxy) is 1. The van der Waals surface area contributed by atoms with Crippen molar-refractivity contribution >= 4 is 29.5 Å². The number of amides is 5. The van der Waals surface area contributed by atoms with Crippen LogP contribution in [0.2, 0.25) is 0 Å². The van der Waals surface area contributed by atoms with Gasteiger partial charge in [0.25, 0.3) is 5.91 Å². The number of hydrogen-bond donors (Lipinski definition) is 4. The van der Waals surface area contributed by atoms with Crippen LogP contribution < -0.4 is 21.3 Å². The minimum absolute atomic E-state index is 0.0399. The molecule has 5 atom stereocenters. The zero-order valence-electron chi connectivity index (χ0n) is 29.5. The van der Waals surface area contributed by atoms with Gasteiger partial charge in [-0.25, -0.2) is 4.79 Å². The maximum atomic E-state index is 14.6. The molecule has 4 unspecified atom stereocenters. The Morgan fingerprint density at radius 2 is 1.57 bits per heavy atom. The van der Waals surface area contributed by atoms with E-state index < -0.39 is 66.7 Å². The van der Waals surface area contributed by atoms with Crippen LogP contribution in [0.1, 0.15) is 71.9 Å². The maximum Gasteiger partial charge on any atom is 0.389 e. The van der Waals surface area contributed by atoms with E-state index in [1.807, 2.05) is 58.9 Å². The standard InChI is InChI=1S/C35H52F3N5O6/c1-8-39-31(46)29(44)25(13-14-35(36,37)38)40-30(45)26-17-24(20(2)3)18-43(26)32(47)28(23-15-21-11-9-10-12-22(21)16-23)42-33(48)41-27(19-49-7)34(4,5)6/h9-12,20,23-28H,8,13-19H2,1-7H3,(H,39,46)(H,40,45)(H2,41,42,48)/t24-,25?,26?,27?,28?/m1/s1. The van der Waals surface area contributed by atoms with Crippen LogP contribution >= 0.6 is 0 Å². The van der Waals surface area contributed by atoms with Crippen LogP contribution in [0.3, 0.4) is 0 Å². The molecule has 1 heterocycles. The van der Waals surface area contributed by atoms with Gasteiger partial charge in [-0.1, -0.05) is 58.9 Å². The first-order chi connectivity index (χ1) is 22.9. The van der Waals surface area contributed by atoms with Crippen LogP contribution in [-0.4, -0.2) is 91.6 Å². The molecule has 0 aromatic heterocycles. The molecule has 1 aromatic carbocycles. The minimum atomic E-state index is -4.63. The molecule has 1 saturated heterocycles. The van der Waals surface area contributed by atoms with Crippen molar-refractivity contribution in [3.05, 3.63) is 35.4 Å². The molecule has 2 aliphatic rings. The maximum absolute atomic E-state index is 14.6. The van der Waals surface area contributed by atoms with Gasteiger partial charge in [-0.15, -0.1) is 0 Å². The smallest absolute Gasteiger partial charge is 0.383 e. The summed E-state index contributed by atoms with van der Waals surface area (Å²) < 4.78 is 44.9. The molecule has 1 aromatic rings. The summed E-state index contributed by atoms with van der Waals surface area (Å²) in [5, 5.41) is 10.5. The van der Waals surface area contributed by atoms with Crippen molar-refractivity contribution in [3.8, 4) is 0 Å². The number of likely N-dealkylation sites (tertiary alicyclic amines) is 1. The molecule has 1 aliphatic heterocycles. The lowest BCUT2D eigenvalue weighted by molar-refractivity contribution is -0.147. The first-order valence-corrected chi connectivity index (χ1v) is 17.0. The van der Waals surface area contributed by atoms with Crippen molar-refractivity contribution in [1.29, 1.82) is 0 Å². The van der Waals surface area contributed by atoms with E-state index in [1.165, 1.54) is 12.0 Å². The Labute approximate surface area is 286 Å². The lowest BCUT2D eigenvalue weighted by Crippen LogP contribution is -2.60. The number of carbonyl (C=O) groups is 5. The average Bonchev–Trinajstić information content (AvgIpc) is 3.65. The van der Waals surface area contributed by atoms with E-state index in [1.54, 1.807) is 6.92 Å². The van der Waals surface area contributed by atoms with Gasteiger partial charge in [0.1, 0.15) is 12.1 Å². The summed E-state index contributed by atoms with van der Waals surface area (Å²) in [5.41, 5.74) is 1.73. The largest absolute Gasteiger partial charge is 0.389 e. The minimum Gasteiger partial charge on any atom is -0.383 e. The molecular formula is C35H52F3N5O6. The van der Waals surface area contributed by atoms with E-state index >= 15 is 0 Å². The molecule has 5 amide bonds. The lowest BCUT2D eigenvalue weighted by atomic mass is 9.87. The molecule has 0 radical (unpaired) electrons. The third-order valence-corrected chi connectivity index (χ3v) is 9.56. The Bertz CT molecular complexity index is 1320. The second-order valence-corrected chi connectivity index (χ2v) is 14.6. The van der Waals surface area contributed by atoms with Gasteiger partial charge in [-0.3, -0.25) is 19.2 Å². The highest BCUT2D eigenvalue weighted by Crippen LogP contribution is 2.34.